The number of allylic oxidation sites excluding steroid dienone is 6. The van der Waals surface area contributed by atoms with Gasteiger partial charge in [-0.1, -0.05) is 122 Å². The molecule has 3 aromatic carbocycles. The van der Waals surface area contributed by atoms with Crippen LogP contribution in [0.1, 0.15) is 146 Å². The SMILES string of the molecule is C=C(NC(N)CC)c1ccc2c(c1)/C=C(\c1cc(CCC3=CCC(C)C=C3)cc(OC3C=CC=CC3)c1)c1ccc(-c3cnc(C4CCCN4O)[nH]3)cc1OCN2.CCC.CCCNC.COCN.CONC(C)C(C)C. The van der Waals surface area contributed by atoms with E-state index in [4.69, 9.17) is 25.8 Å². The number of methoxy groups -OCH3 is 1. The van der Waals surface area contributed by atoms with Crippen LogP contribution < -0.4 is 42.4 Å². The van der Waals surface area contributed by atoms with Gasteiger partial charge in [-0.15, -0.1) is 0 Å². The Morgan fingerprint density at radius 3 is 2.36 bits per heavy atom. The van der Waals surface area contributed by atoms with E-state index in [1.807, 2.05) is 13.2 Å². The summed E-state index contributed by atoms with van der Waals surface area (Å²) in [5.74, 6) is 3.55. The Bertz CT molecular complexity index is 2530. The molecule has 1 saturated heterocycles. The summed E-state index contributed by atoms with van der Waals surface area (Å²) in [5.41, 5.74) is 25.0. The Morgan fingerprint density at radius 2 is 1.77 bits per heavy atom. The summed E-state index contributed by atoms with van der Waals surface area (Å²) in [7, 11) is 5.16. The number of benzene rings is 3. The third-order valence-electron chi connectivity index (χ3n) is 13.3. The lowest BCUT2D eigenvalue weighted by Gasteiger charge is -2.20. The lowest BCUT2D eigenvalue weighted by molar-refractivity contribution is -0.106. The fraction of sp³-hybridized carbons (Fsp3) is 0.476. The molecule has 5 atom stereocenters. The number of aromatic amines is 1. The molecular formula is C63H95N9O5. The van der Waals surface area contributed by atoms with Crippen molar-refractivity contribution in [1.82, 2.24) is 31.1 Å². The Morgan fingerprint density at radius 1 is 0.987 bits per heavy atom. The average molecular weight is 1060 g/mol. The highest BCUT2D eigenvalue weighted by Crippen LogP contribution is 2.40. The summed E-state index contributed by atoms with van der Waals surface area (Å²) in [5, 5.41) is 21.7. The molecule has 4 aliphatic rings. The first-order valence-electron chi connectivity index (χ1n) is 27.9. The fourth-order valence-electron chi connectivity index (χ4n) is 8.48. The first kappa shape index (κ1) is 63.7. The molecule has 3 heterocycles. The van der Waals surface area contributed by atoms with E-state index < -0.39 is 0 Å². The predicted octanol–water partition coefficient (Wildman–Crippen LogP) is 12.7. The minimum absolute atomic E-state index is 0.0433. The minimum Gasteiger partial charge on any atom is -0.486 e. The molecule has 10 N–H and O–H groups in total. The van der Waals surface area contributed by atoms with Crippen molar-refractivity contribution < 1.29 is 24.3 Å². The number of aromatic nitrogens is 2. The molecule has 14 heteroatoms. The second kappa shape index (κ2) is 34.9. The van der Waals surface area contributed by atoms with Crippen LogP contribution in [0.4, 0.5) is 5.69 Å². The molecule has 1 fully saturated rings. The van der Waals surface area contributed by atoms with Gasteiger partial charge < -0.3 is 56.7 Å². The third kappa shape index (κ3) is 21.2. The number of aryl methyl sites for hydroxylation is 1. The molecule has 2 aliphatic carbocycles. The van der Waals surface area contributed by atoms with Gasteiger partial charge in [-0.2, -0.15) is 10.5 Å². The van der Waals surface area contributed by atoms with Crippen molar-refractivity contribution in [3.63, 3.8) is 0 Å². The van der Waals surface area contributed by atoms with Crippen molar-refractivity contribution >= 4 is 23.0 Å². The summed E-state index contributed by atoms with van der Waals surface area (Å²) in [6.07, 6.45) is 28.0. The number of nitrogens with one attached hydrogen (secondary N) is 5. The Hall–Kier alpha value is -5.81. The highest BCUT2D eigenvalue weighted by molar-refractivity contribution is 5.97. The van der Waals surface area contributed by atoms with Gasteiger partial charge in [0, 0.05) is 48.6 Å². The molecule has 0 saturated carbocycles. The number of nitrogens with two attached hydrogens (primary N) is 2. The van der Waals surface area contributed by atoms with Crippen LogP contribution in [0, 0.1) is 11.8 Å². The van der Waals surface area contributed by atoms with Crippen molar-refractivity contribution in [2.75, 3.05) is 53.1 Å². The van der Waals surface area contributed by atoms with Gasteiger partial charge in [-0.05, 0) is 154 Å². The third-order valence-corrected chi connectivity index (χ3v) is 13.3. The highest BCUT2D eigenvalue weighted by Gasteiger charge is 2.27. The number of rotatable bonds is 18. The summed E-state index contributed by atoms with van der Waals surface area (Å²) >= 11 is 0. The van der Waals surface area contributed by atoms with Crippen molar-refractivity contribution in [2.24, 2.45) is 23.3 Å². The van der Waals surface area contributed by atoms with Crippen molar-refractivity contribution in [3.8, 4) is 22.8 Å². The molecule has 0 radical (unpaired) electrons. The number of ether oxygens (including phenoxy) is 3. The van der Waals surface area contributed by atoms with Gasteiger partial charge in [0.1, 0.15) is 23.4 Å². The Balaban J connectivity index is 0.000000548. The fourth-order valence-corrected chi connectivity index (χ4v) is 8.48. The molecule has 14 nitrogen and oxygen atoms in total. The van der Waals surface area contributed by atoms with Gasteiger partial charge >= 0.3 is 0 Å². The minimum atomic E-state index is -0.188. The first-order chi connectivity index (χ1) is 37.2. The van der Waals surface area contributed by atoms with E-state index in [9.17, 15) is 5.21 Å². The van der Waals surface area contributed by atoms with Gasteiger partial charge in [0.2, 0.25) is 0 Å². The second-order valence-corrected chi connectivity index (χ2v) is 20.2. The zero-order valence-corrected chi connectivity index (χ0v) is 48.4. The van der Waals surface area contributed by atoms with E-state index in [1.54, 1.807) is 14.2 Å². The molecule has 8 rings (SSSR count). The number of hydrogen-bond donors (Lipinski definition) is 8. The van der Waals surface area contributed by atoms with Crippen LogP contribution in [0.25, 0.3) is 28.6 Å². The molecule has 422 valence electrons. The number of fused-ring (bicyclic) bond motifs is 2. The largest absolute Gasteiger partial charge is 0.486 e. The Kier molecular flexibility index (Phi) is 28.8. The number of hydrogen-bond acceptors (Lipinski definition) is 13. The van der Waals surface area contributed by atoms with E-state index in [2.05, 4.69) is 201 Å². The zero-order valence-electron chi connectivity index (χ0n) is 48.4. The van der Waals surface area contributed by atoms with Gasteiger partial charge in [-0.25, -0.2) is 4.98 Å². The molecular weight excluding hydrogens is 963 g/mol. The molecule has 0 spiro atoms. The predicted molar refractivity (Wildman–Crippen MR) is 321 cm³/mol. The van der Waals surface area contributed by atoms with Gasteiger partial charge in [-0.3, -0.25) is 0 Å². The van der Waals surface area contributed by atoms with Crippen molar-refractivity contribution in [1.29, 1.82) is 0 Å². The second-order valence-electron chi connectivity index (χ2n) is 20.2. The number of anilines is 1. The van der Waals surface area contributed by atoms with Crippen LogP contribution >= 0.6 is 0 Å². The van der Waals surface area contributed by atoms with Crippen LogP contribution in [0.3, 0.4) is 0 Å². The molecule has 77 heavy (non-hydrogen) atoms. The molecule has 1 aromatic heterocycles. The highest BCUT2D eigenvalue weighted by atomic mass is 16.6. The van der Waals surface area contributed by atoms with E-state index in [0.29, 0.717) is 31.2 Å². The maximum absolute atomic E-state index is 10.4. The summed E-state index contributed by atoms with van der Waals surface area (Å²) in [6.45, 7) is 23.8. The van der Waals surface area contributed by atoms with Gasteiger partial charge in [0.05, 0.1) is 37.9 Å². The standard InChI is InChI=1S/C48H54N6O3.C6H15NO.C4H11N.C3H8.C2H7NO/c1-4-47(49)52-32(3)35-19-21-43-38(25-35)27-42(41-20-18-36(28-46(41)56-30-51-43)44-29-50-48(53-44)45-11-8-22-54(45)55)37-23-34(17-16-33-14-12-31(2)13-15-33)24-40(26-37)57-39-9-6-5-7-10-39;1-5(2)6(3)7-8-4;1-3-4-5-2;1-3-2;1-4-2-3/h5-7,9,12,14-15,18-21,23-29,31,39,45,47,51-52,55H,3-4,8,10-11,13,16-17,22,30,49H2,1-2H3,(H,50,53);5-7H,1-4H3;5H,3-4H2,1-2H3;3H2,1-2H3;2-3H2,1H3/b42-27+;;;;. The lowest BCUT2D eigenvalue weighted by Crippen LogP contribution is -2.34. The number of H-pyrrole nitrogens is 1. The summed E-state index contributed by atoms with van der Waals surface area (Å²) < 4.78 is 17.6. The van der Waals surface area contributed by atoms with Crippen LogP contribution in [0.2, 0.25) is 0 Å². The summed E-state index contributed by atoms with van der Waals surface area (Å²) in [6, 6.07) is 19.6. The lowest BCUT2D eigenvalue weighted by atomic mass is 9.90. The maximum Gasteiger partial charge on any atom is 0.159 e. The van der Waals surface area contributed by atoms with Crippen LogP contribution in [-0.4, -0.2) is 86.4 Å². The monoisotopic (exact) mass is 1060 g/mol. The van der Waals surface area contributed by atoms with E-state index in [-0.39, 0.29) is 25.0 Å². The normalized spacial score (nSPS) is 18.8. The van der Waals surface area contributed by atoms with E-state index in [0.717, 1.165) is 119 Å². The van der Waals surface area contributed by atoms with Crippen molar-refractivity contribution in [3.05, 3.63) is 149 Å². The average Bonchev–Trinajstić information content (AvgIpc) is 4.12. The summed E-state index contributed by atoms with van der Waals surface area (Å²) in [4.78, 5) is 12.9. The van der Waals surface area contributed by atoms with Crippen LogP contribution in [0.5, 0.6) is 11.5 Å². The van der Waals surface area contributed by atoms with E-state index >= 15 is 0 Å². The molecule has 4 aromatic rings. The van der Waals surface area contributed by atoms with Crippen LogP contribution in [-0.2, 0) is 16.0 Å². The molecule has 0 amide bonds. The first-order valence-corrected chi connectivity index (χ1v) is 27.9. The van der Waals surface area contributed by atoms with E-state index in [1.165, 1.54) is 29.0 Å². The zero-order chi connectivity index (χ0) is 56.1. The molecule has 2 aliphatic heterocycles. The van der Waals surface area contributed by atoms with Gasteiger partial charge in [0.25, 0.3) is 0 Å². The number of nitrogens with zero attached hydrogens (tertiary/aromatic N) is 2. The topological polar surface area (TPSA) is 189 Å². The smallest absolute Gasteiger partial charge is 0.159 e. The van der Waals surface area contributed by atoms with Gasteiger partial charge in [0.15, 0.2) is 6.73 Å². The van der Waals surface area contributed by atoms with Crippen molar-refractivity contribution in [2.45, 2.75) is 138 Å². The maximum atomic E-state index is 10.4. The molecule has 0 bridgehead atoms. The quantitative estimate of drug-likeness (QED) is 0.0348. The van der Waals surface area contributed by atoms with Crippen LogP contribution in [0.15, 0.2) is 115 Å². The Labute approximate surface area is 462 Å². The number of imidazole rings is 1. The number of hydroxylamine groups is 3. The molecule has 5 unspecified atom stereocenters.